The molecule has 2 N–H and O–H groups in total. The average Bonchev–Trinajstić information content (AvgIpc) is 2.79. The summed E-state index contributed by atoms with van der Waals surface area (Å²) in [5.41, 5.74) is 7.24. The highest BCUT2D eigenvalue weighted by Crippen LogP contribution is 2.30. The molecule has 0 saturated carbocycles. The summed E-state index contributed by atoms with van der Waals surface area (Å²) in [6.07, 6.45) is 0. The number of nitrogens with zero attached hydrogens (tertiary/aromatic N) is 2. The molecule has 1 unspecified atom stereocenters. The molecule has 0 fully saturated rings. The normalized spacial score (nSPS) is 12.8. The van der Waals surface area contributed by atoms with Crippen LogP contribution in [0.1, 0.15) is 18.5 Å². The summed E-state index contributed by atoms with van der Waals surface area (Å²) in [5, 5.41) is 0. The van der Waals surface area contributed by atoms with Crippen molar-refractivity contribution in [1.82, 2.24) is 9.55 Å². The molecule has 21 heavy (non-hydrogen) atoms. The van der Waals surface area contributed by atoms with E-state index in [0.717, 1.165) is 16.1 Å². The van der Waals surface area contributed by atoms with Crippen LogP contribution in [0.3, 0.4) is 0 Å². The number of benzene rings is 2. The van der Waals surface area contributed by atoms with E-state index in [9.17, 15) is 8.78 Å². The topological polar surface area (TPSA) is 43.8 Å². The highest BCUT2D eigenvalue weighted by atomic mass is 79.9. The molecule has 108 valence electrons. The van der Waals surface area contributed by atoms with E-state index in [-0.39, 0.29) is 17.5 Å². The number of rotatable bonds is 2. The average molecular weight is 352 g/mol. The van der Waals surface area contributed by atoms with Crippen molar-refractivity contribution in [2.75, 3.05) is 5.73 Å². The molecular formula is C15H12BrF2N3. The van der Waals surface area contributed by atoms with Gasteiger partial charge in [0.2, 0.25) is 5.95 Å². The summed E-state index contributed by atoms with van der Waals surface area (Å²) in [5.74, 6) is -1.69. The lowest BCUT2D eigenvalue weighted by Crippen LogP contribution is -2.11. The Morgan fingerprint density at radius 2 is 2.00 bits per heavy atom. The fourth-order valence-electron chi connectivity index (χ4n) is 2.45. The fraction of sp³-hybridized carbons (Fsp3) is 0.133. The molecule has 0 aliphatic carbocycles. The van der Waals surface area contributed by atoms with Crippen LogP contribution in [-0.2, 0) is 0 Å². The lowest BCUT2D eigenvalue weighted by atomic mass is 10.1. The molecule has 0 spiro atoms. The molecule has 0 radical (unpaired) electrons. The number of hydrogen-bond acceptors (Lipinski definition) is 2. The molecule has 0 aliphatic rings. The van der Waals surface area contributed by atoms with Crippen molar-refractivity contribution in [2.24, 2.45) is 0 Å². The van der Waals surface area contributed by atoms with Crippen LogP contribution < -0.4 is 5.73 Å². The fourth-order valence-corrected chi connectivity index (χ4v) is 2.87. The molecular weight excluding hydrogens is 340 g/mol. The van der Waals surface area contributed by atoms with E-state index in [2.05, 4.69) is 20.9 Å². The smallest absolute Gasteiger partial charge is 0.201 e. The van der Waals surface area contributed by atoms with Crippen molar-refractivity contribution >= 4 is 32.9 Å². The second-order valence-corrected chi connectivity index (χ2v) is 5.72. The molecule has 1 aromatic heterocycles. The molecule has 0 aliphatic heterocycles. The Balaban J connectivity index is 2.24. The maximum atomic E-state index is 14.1. The summed E-state index contributed by atoms with van der Waals surface area (Å²) in [6, 6.07) is 9.79. The van der Waals surface area contributed by atoms with Crippen LogP contribution in [0.15, 0.2) is 40.9 Å². The van der Waals surface area contributed by atoms with E-state index in [4.69, 9.17) is 5.73 Å². The molecule has 6 heteroatoms. The van der Waals surface area contributed by atoms with Gasteiger partial charge >= 0.3 is 0 Å². The number of halogens is 3. The van der Waals surface area contributed by atoms with Crippen molar-refractivity contribution in [1.29, 1.82) is 0 Å². The Labute approximate surface area is 128 Å². The van der Waals surface area contributed by atoms with Crippen molar-refractivity contribution in [2.45, 2.75) is 13.0 Å². The first-order valence-corrected chi connectivity index (χ1v) is 7.15. The summed E-state index contributed by atoms with van der Waals surface area (Å²) in [6.45, 7) is 1.86. The minimum atomic E-state index is -0.932. The van der Waals surface area contributed by atoms with Crippen LogP contribution in [0.2, 0.25) is 0 Å². The lowest BCUT2D eigenvalue weighted by Gasteiger charge is -2.17. The summed E-state index contributed by atoms with van der Waals surface area (Å²) < 4.78 is 30.0. The monoisotopic (exact) mass is 351 g/mol. The van der Waals surface area contributed by atoms with Gasteiger partial charge in [0.15, 0.2) is 11.6 Å². The highest BCUT2D eigenvalue weighted by molar-refractivity contribution is 9.10. The van der Waals surface area contributed by atoms with E-state index < -0.39 is 11.6 Å². The number of hydrogen-bond donors (Lipinski definition) is 1. The van der Waals surface area contributed by atoms with Gasteiger partial charge in [-0.3, -0.25) is 0 Å². The van der Waals surface area contributed by atoms with Gasteiger partial charge in [0.25, 0.3) is 0 Å². The van der Waals surface area contributed by atoms with Gasteiger partial charge in [-0.2, -0.15) is 0 Å². The van der Waals surface area contributed by atoms with Crippen molar-refractivity contribution < 1.29 is 8.78 Å². The molecule has 3 nitrogen and oxygen atoms in total. The standard InChI is InChI=1S/C15H12BrF2N3/c1-8(9-3-2-4-10(16)7-9)21-14-12(20-15(21)19)6-5-11(17)13(14)18/h2-8H,1H3,(H2,19,20). The first-order valence-electron chi connectivity index (χ1n) is 6.36. The predicted molar refractivity (Wildman–Crippen MR) is 82.0 cm³/mol. The van der Waals surface area contributed by atoms with Gasteiger partial charge in [0.1, 0.15) is 5.52 Å². The minimum absolute atomic E-state index is 0.0833. The zero-order valence-corrected chi connectivity index (χ0v) is 12.7. The Hall–Kier alpha value is -1.95. The lowest BCUT2D eigenvalue weighted by molar-refractivity contribution is 0.509. The second-order valence-electron chi connectivity index (χ2n) is 4.80. The molecule has 2 aromatic carbocycles. The third-order valence-corrected chi connectivity index (χ3v) is 3.98. The van der Waals surface area contributed by atoms with E-state index in [1.165, 1.54) is 10.6 Å². The number of aromatic nitrogens is 2. The second kappa shape index (κ2) is 5.11. The zero-order valence-electron chi connectivity index (χ0n) is 11.1. The number of fused-ring (bicyclic) bond motifs is 1. The van der Waals surface area contributed by atoms with Gasteiger partial charge in [-0.25, -0.2) is 13.8 Å². The van der Waals surface area contributed by atoms with Gasteiger partial charge in [0, 0.05) is 4.47 Å². The van der Waals surface area contributed by atoms with Crippen molar-refractivity contribution in [3.8, 4) is 0 Å². The number of nitrogen functional groups attached to an aromatic ring is 1. The van der Waals surface area contributed by atoms with E-state index >= 15 is 0 Å². The first kappa shape index (κ1) is 14.0. The number of nitrogens with two attached hydrogens (primary N) is 1. The van der Waals surface area contributed by atoms with Crippen molar-refractivity contribution in [3.63, 3.8) is 0 Å². The number of imidazole rings is 1. The van der Waals surface area contributed by atoms with Gasteiger partial charge < -0.3 is 10.3 Å². The maximum Gasteiger partial charge on any atom is 0.201 e. The van der Waals surface area contributed by atoms with Gasteiger partial charge in [-0.15, -0.1) is 0 Å². The third-order valence-electron chi connectivity index (χ3n) is 3.49. The summed E-state index contributed by atoms with van der Waals surface area (Å²) >= 11 is 3.40. The quantitative estimate of drug-likeness (QED) is 0.749. The molecule has 0 amide bonds. The highest BCUT2D eigenvalue weighted by Gasteiger charge is 2.20. The van der Waals surface area contributed by atoms with Crippen LogP contribution >= 0.6 is 15.9 Å². The van der Waals surface area contributed by atoms with E-state index in [1.807, 2.05) is 31.2 Å². The van der Waals surface area contributed by atoms with Gasteiger partial charge in [0.05, 0.1) is 11.6 Å². The molecule has 3 rings (SSSR count). The Morgan fingerprint density at radius 3 is 2.71 bits per heavy atom. The van der Waals surface area contributed by atoms with Crippen LogP contribution in [0, 0.1) is 11.6 Å². The van der Waals surface area contributed by atoms with E-state index in [0.29, 0.717) is 5.52 Å². The zero-order chi connectivity index (χ0) is 15.1. The Kier molecular flexibility index (Phi) is 3.41. The van der Waals surface area contributed by atoms with E-state index in [1.54, 1.807) is 0 Å². The largest absolute Gasteiger partial charge is 0.369 e. The Morgan fingerprint density at radius 1 is 1.24 bits per heavy atom. The SMILES string of the molecule is CC(c1cccc(Br)c1)n1c(N)nc2ccc(F)c(F)c21. The summed E-state index contributed by atoms with van der Waals surface area (Å²) in [7, 11) is 0. The number of anilines is 1. The third kappa shape index (κ3) is 2.29. The first-order chi connectivity index (χ1) is 9.99. The summed E-state index contributed by atoms with van der Waals surface area (Å²) in [4.78, 5) is 4.11. The predicted octanol–water partition coefficient (Wildman–Crippen LogP) is 4.27. The van der Waals surface area contributed by atoms with Crippen molar-refractivity contribution in [3.05, 3.63) is 58.1 Å². The molecule has 3 aromatic rings. The van der Waals surface area contributed by atoms with Crippen LogP contribution in [0.25, 0.3) is 11.0 Å². The van der Waals surface area contributed by atoms with Crippen LogP contribution in [0.5, 0.6) is 0 Å². The van der Waals surface area contributed by atoms with Gasteiger partial charge in [-0.1, -0.05) is 28.1 Å². The minimum Gasteiger partial charge on any atom is -0.369 e. The molecule has 1 atom stereocenters. The van der Waals surface area contributed by atoms with Gasteiger partial charge in [-0.05, 0) is 36.8 Å². The molecule has 0 saturated heterocycles. The van der Waals surface area contributed by atoms with Crippen LogP contribution in [0.4, 0.5) is 14.7 Å². The Bertz CT molecular complexity index is 829. The molecule has 1 heterocycles. The van der Waals surface area contributed by atoms with Crippen LogP contribution in [-0.4, -0.2) is 9.55 Å². The molecule has 0 bridgehead atoms. The maximum absolute atomic E-state index is 14.1.